The molecule has 2 heterocycles. The third-order valence-electron chi connectivity index (χ3n) is 3.39. The predicted octanol–water partition coefficient (Wildman–Crippen LogP) is 2.56. The molecule has 0 bridgehead atoms. The molecule has 18 heavy (non-hydrogen) atoms. The van der Waals surface area contributed by atoms with Gasteiger partial charge in [0.15, 0.2) is 0 Å². The van der Waals surface area contributed by atoms with Crippen LogP contribution in [0.15, 0.2) is 17.5 Å². The molecule has 2 rings (SSSR count). The summed E-state index contributed by atoms with van der Waals surface area (Å²) in [4.78, 5) is 15.6. The summed E-state index contributed by atoms with van der Waals surface area (Å²) < 4.78 is 5.42. The second-order valence-corrected chi connectivity index (χ2v) is 6.12. The van der Waals surface area contributed by atoms with Crippen molar-refractivity contribution in [3.05, 3.63) is 22.4 Å². The number of Topliss-reactive ketones (excluding diaryl/α,β-unsaturated/α-hetero) is 1. The fraction of sp³-hybridized carbons (Fsp3) is 0.643. The fourth-order valence-electron chi connectivity index (χ4n) is 2.19. The number of hydrogen-bond donors (Lipinski definition) is 0. The fourth-order valence-corrected chi connectivity index (χ4v) is 2.92. The minimum Gasteiger partial charge on any atom is -0.380 e. The molecule has 0 amide bonds. The Kier molecular flexibility index (Phi) is 4.92. The monoisotopic (exact) mass is 267 g/mol. The number of carbonyl (C=O) groups excluding carboxylic acids is 1. The van der Waals surface area contributed by atoms with E-state index in [-0.39, 0.29) is 5.92 Å². The van der Waals surface area contributed by atoms with Crippen molar-refractivity contribution < 1.29 is 9.53 Å². The van der Waals surface area contributed by atoms with Crippen LogP contribution in [0, 0.1) is 5.92 Å². The smallest absolute Gasteiger partial charge is 0.141 e. The van der Waals surface area contributed by atoms with Gasteiger partial charge in [0.25, 0.3) is 0 Å². The van der Waals surface area contributed by atoms with Crippen LogP contribution in [0.5, 0.6) is 0 Å². The Morgan fingerprint density at radius 2 is 2.39 bits per heavy atom. The van der Waals surface area contributed by atoms with E-state index in [1.165, 1.54) is 4.88 Å². The molecule has 0 saturated carbocycles. The molecular formula is C14H21NO2S. The minimum atomic E-state index is 0.0566. The van der Waals surface area contributed by atoms with Crippen molar-refractivity contribution in [2.24, 2.45) is 5.92 Å². The molecule has 0 aromatic carbocycles. The molecule has 0 aliphatic carbocycles. The maximum Gasteiger partial charge on any atom is 0.141 e. The van der Waals surface area contributed by atoms with Crippen molar-refractivity contribution >= 4 is 17.1 Å². The Labute approximate surface area is 113 Å². The summed E-state index contributed by atoms with van der Waals surface area (Å²) in [7, 11) is 0. The first kappa shape index (κ1) is 13.7. The number of thiophene rings is 1. The van der Waals surface area contributed by atoms with E-state index in [1.807, 2.05) is 0 Å². The van der Waals surface area contributed by atoms with E-state index in [0.29, 0.717) is 31.5 Å². The molecule has 1 atom stereocenters. The van der Waals surface area contributed by atoms with Gasteiger partial charge in [0.2, 0.25) is 0 Å². The minimum absolute atomic E-state index is 0.0566. The van der Waals surface area contributed by atoms with E-state index in [4.69, 9.17) is 4.74 Å². The molecular weight excluding hydrogens is 246 g/mol. The Balaban J connectivity index is 1.95. The summed E-state index contributed by atoms with van der Waals surface area (Å²) in [5, 5.41) is 2.10. The number of ketones is 1. The maximum absolute atomic E-state index is 11.9. The molecule has 0 N–H and O–H groups in total. The summed E-state index contributed by atoms with van der Waals surface area (Å²) in [5.41, 5.74) is 0. The van der Waals surface area contributed by atoms with Crippen LogP contribution in [0.3, 0.4) is 0 Å². The van der Waals surface area contributed by atoms with Crippen LogP contribution >= 0.6 is 11.3 Å². The predicted molar refractivity (Wildman–Crippen MR) is 73.8 cm³/mol. The first-order valence-corrected chi connectivity index (χ1v) is 7.41. The van der Waals surface area contributed by atoms with Gasteiger partial charge in [-0.05, 0) is 25.3 Å². The van der Waals surface area contributed by atoms with Crippen LogP contribution < -0.4 is 0 Å². The van der Waals surface area contributed by atoms with E-state index in [1.54, 1.807) is 11.3 Å². The van der Waals surface area contributed by atoms with Gasteiger partial charge >= 0.3 is 0 Å². The average molecular weight is 267 g/mol. The zero-order chi connectivity index (χ0) is 13.0. The Morgan fingerprint density at radius 3 is 3.00 bits per heavy atom. The molecule has 1 saturated heterocycles. The summed E-state index contributed by atoms with van der Waals surface area (Å²) >= 11 is 1.77. The van der Waals surface area contributed by atoms with Gasteiger partial charge in [-0.2, -0.15) is 0 Å². The molecule has 100 valence electrons. The third-order valence-corrected chi connectivity index (χ3v) is 4.25. The maximum atomic E-state index is 11.9. The number of hydrogen-bond acceptors (Lipinski definition) is 4. The highest BCUT2D eigenvalue weighted by Gasteiger charge is 2.26. The van der Waals surface area contributed by atoms with Crippen LogP contribution in [0.1, 0.15) is 25.1 Å². The Morgan fingerprint density at radius 1 is 1.56 bits per heavy atom. The van der Waals surface area contributed by atoms with Crippen LogP contribution in [-0.4, -0.2) is 36.5 Å². The van der Waals surface area contributed by atoms with Gasteiger partial charge in [0.05, 0.1) is 19.1 Å². The van der Waals surface area contributed by atoms with E-state index in [0.717, 1.165) is 13.1 Å². The van der Waals surface area contributed by atoms with E-state index < -0.39 is 0 Å². The zero-order valence-electron chi connectivity index (χ0n) is 11.1. The number of carbonyl (C=O) groups is 1. The second-order valence-electron chi connectivity index (χ2n) is 5.09. The average Bonchev–Trinajstić information content (AvgIpc) is 2.83. The topological polar surface area (TPSA) is 29.5 Å². The molecule has 3 nitrogen and oxygen atoms in total. The third kappa shape index (κ3) is 3.64. The molecule has 1 fully saturated rings. The molecule has 1 aromatic rings. The van der Waals surface area contributed by atoms with Gasteiger partial charge in [-0.15, -0.1) is 11.3 Å². The lowest BCUT2D eigenvalue weighted by molar-refractivity contribution is -0.131. The van der Waals surface area contributed by atoms with Gasteiger partial charge in [0, 0.05) is 30.4 Å². The van der Waals surface area contributed by atoms with Crippen molar-refractivity contribution in [1.82, 2.24) is 4.90 Å². The van der Waals surface area contributed by atoms with Crippen molar-refractivity contribution in [2.45, 2.75) is 32.9 Å². The van der Waals surface area contributed by atoms with Crippen LogP contribution in [0.4, 0.5) is 0 Å². The van der Waals surface area contributed by atoms with Crippen LogP contribution in [0.2, 0.25) is 0 Å². The Bertz CT molecular complexity index is 375. The summed E-state index contributed by atoms with van der Waals surface area (Å²) in [6, 6.07) is 4.67. The quantitative estimate of drug-likeness (QED) is 0.821. The highest BCUT2D eigenvalue weighted by atomic mass is 32.1. The lowest BCUT2D eigenvalue weighted by Gasteiger charge is -2.31. The molecule has 1 aliphatic rings. The summed E-state index contributed by atoms with van der Waals surface area (Å²) in [5.74, 6) is 0.416. The number of ether oxygens (including phenoxy) is 1. The largest absolute Gasteiger partial charge is 0.380 e. The normalized spacial score (nSPS) is 20.9. The highest BCUT2D eigenvalue weighted by molar-refractivity contribution is 7.09. The van der Waals surface area contributed by atoms with Crippen LogP contribution in [-0.2, 0) is 16.1 Å². The lowest BCUT2D eigenvalue weighted by atomic mass is 9.99. The Hall–Kier alpha value is -0.710. The molecule has 1 aromatic heterocycles. The summed E-state index contributed by atoms with van der Waals surface area (Å²) in [6.07, 6.45) is 0.579. The number of nitrogens with zero attached hydrogens (tertiary/aromatic N) is 1. The van der Waals surface area contributed by atoms with Crippen molar-refractivity contribution in [2.75, 3.05) is 19.8 Å². The second kappa shape index (κ2) is 6.45. The van der Waals surface area contributed by atoms with Gasteiger partial charge in [-0.3, -0.25) is 9.69 Å². The van der Waals surface area contributed by atoms with E-state index >= 15 is 0 Å². The van der Waals surface area contributed by atoms with E-state index in [2.05, 4.69) is 36.3 Å². The van der Waals surface area contributed by atoms with Crippen molar-refractivity contribution in [3.63, 3.8) is 0 Å². The van der Waals surface area contributed by atoms with Gasteiger partial charge in [-0.1, -0.05) is 6.07 Å². The SMILES string of the molecule is CC(C)N(Cc1cccs1)CC1COCCC1=O. The first-order chi connectivity index (χ1) is 8.66. The van der Waals surface area contributed by atoms with E-state index in [9.17, 15) is 4.79 Å². The molecule has 1 unspecified atom stereocenters. The molecule has 4 heteroatoms. The number of rotatable bonds is 5. The summed E-state index contributed by atoms with van der Waals surface area (Å²) in [6.45, 7) is 7.30. The van der Waals surface area contributed by atoms with Crippen molar-refractivity contribution in [3.8, 4) is 0 Å². The van der Waals surface area contributed by atoms with Gasteiger partial charge in [0.1, 0.15) is 5.78 Å². The highest BCUT2D eigenvalue weighted by Crippen LogP contribution is 2.18. The van der Waals surface area contributed by atoms with Crippen molar-refractivity contribution in [1.29, 1.82) is 0 Å². The zero-order valence-corrected chi connectivity index (χ0v) is 11.9. The molecule has 0 spiro atoms. The molecule has 0 radical (unpaired) electrons. The van der Waals surface area contributed by atoms with Gasteiger partial charge in [-0.25, -0.2) is 0 Å². The molecule has 1 aliphatic heterocycles. The standard InChI is InChI=1S/C14H21NO2S/c1-11(2)15(9-13-4-3-7-18-13)8-12-10-17-6-5-14(12)16/h3-4,7,11-12H,5-6,8-10H2,1-2H3. The first-order valence-electron chi connectivity index (χ1n) is 6.53. The lowest BCUT2D eigenvalue weighted by Crippen LogP contribution is -2.41. The van der Waals surface area contributed by atoms with Crippen LogP contribution in [0.25, 0.3) is 0 Å². The van der Waals surface area contributed by atoms with Gasteiger partial charge < -0.3 is 4.74 Å².